The van der Waals surface area contributed by atoms with E-state index in [0.717, 1.165) is 12.8 Å². The van der Waals surface area contributed by atoms with Gasteiger partial charge in [0.1, 0.15) is 11.8 Å². The highest BCUT2D eigenvalue weighted by atomic mass is 16.3. The molecule has 0 spiro atoms. The number of hydrogen-bond acceptors (Lipinski definition) is 3. The third-order valence-corrected chi connectivity index (χ3v) is 4.55. The Morgan fingerprint density at radius 1 is 1.30 bits per heavy atom. The van der Waals surface area contributed by atoms with E-state index in [2.05, 4.69) is 5.32 Å². The van der Waals surface area contributed by atoms with Crippen LogP contribution in [0.3, 0.4) is 0 Å². The van der Waals surface area contributed by atoms with Gasteiger partial charge in [-0.05, 0) is 31.4 Å². The van der Waals surface area contributed by atoms with Gasteiger partial charge in [0.2, 0.25) is 11.8 Å². The minimum Gasteiger partial charge on any atom is -0.467 e. The van der Waals surface area contributed by atoms with Crippen molar-refractivity contribution >= 4 is 11.8 Å². The van der Waals surface area contributed by atoms with Gasteiger partial charge in [0.05, 0.1) is 12.8 Å². The van der Waals surface area contributed by atoms with E-state index >= 15 is 0 Å². The van der Waals surface area contributed by atoms with Crippen LogP contribution in [0.2, 0.25) is 0 Å². The predicted octanol–water partition coefficient (Wildman–Crippen LogP) is 3.25. The molecule has 23 heavy (non-hydrogen) atoms. The number of amides is 2. The lowest BCUT2D eigenvalue weighted by atomic mass is 9.95. The van der Waals surface area contributed by atoms with Crippen molar-refractivity contribution in [1.82, 2.24) is 10.2 Å². The maximum atomic E-state index is 12.7. The summed E-state index contributed by atoms with van der Waals surface area (Å²) in [7, 11) is 0. The average molecular weight is 320 g/mol. The highest BCUT2D eigenvalue weighted by Gasteiger charge is 2.29. The van der Waals surface area contributed by atoms with Crippen LogP contribution in [0.1, 0.15) is 64.6 Å². The van der Waals surface area contributed by atoms with Crippen LogP contribution in [0.25, 0.3) is 0 Å². The number of hydrogen-bond donors (Lipinski definition) is 1. The summed E-state index contributed by atoms with van der Waals surface area (Å²) in [6, 6.07) is 3.45. The zero-order valence-electron chi connectivity index (χ0n) is 14.2. The topological polar surface area (TPSA) is 62.6 Å². The fraction of sp³-hybridized carbons (Fsp3) is 0.667. The molecule has 1 aromatic rings. The largest absolute Gasteiger partial charge is 0.467 e. The molecular weight excluding hydrogens is 292 g/mol. The maximum Gasteiger partial charge on any atom is 0.243 e. The summed E-state index contributed by atoms with van der Waals surface area (Å²) in [5, 5.41) is 3.15. The SMILES string of the molecule is CCC(=O)N(Cc1ccco1)C(CC)C(=O)NC1CCCCC1. The highest BCUT2D eigenvalue weighted by Crippen LogP contribution is 2.19. The summed E-state index contributed by atoms with van der Waals surface area (Å²) < 4.78 is 5.36. The van der Waals surface area contributed by atoms with Gasteiger partial charge >= 0.3 is 0 Å². The average Bonchev–Trinajstić information content (AvgIpc) is 3.08. The quantitative estimate of drug-likeness (QED) is 0.839. The number of nitrogens with zero attached hydrogens (tertiary/aromatic N) is 1. The molecule has 1 aromatic heterocycles. The molecule has 0 aliphatic heterocycles. The highest BCUT2D eigenvalue weighted by molar-refractivity contribution is 5.87. The van der Waals surface area contributed by atoms with Crippen molar-refractivity contribution in [3.8, 4) is 0 Å². The lowest BCUT2D eigenvalue weighted by Crippen LogP contribution is -2.51. The number of carbonyl (C=O) groups is 2. The zero-order valence-corrected chi connectivity index (χ0v) is 14.2. The van der Waals surface area contributed by atoms with Gasteiger partial charge in [-0.25, -0.2) is 0 Å². The van der Waals surface area contributed by atoms with E-state index in [4.69, 9.17) is 4.42 Å². The molecule has 1 unspecified atom stereocenters. The first kappa shape index (κ1) is 17.6. The maximum absolute atomic E-state index is 12.7. The van der Waals surface area contributed by atoms with E-state index in [9.17, 15) is 9.59 Å². The standard InChI is InChI=1S/C18H28N2O3/c1-3-16(18(22)19-14-9-6-5-7-10-14)20(17(21)4-2)13-15-11-8-12-23-15/h8,11-12,14,16H,3-7,9-10,13H2,1-2H3,(H,19,22). The van der Waals surface area contributed by atoms with Gasteiger partial charge in [-0.1, -0.05) is 33.1 Å². The van der Waals surface area contributed by atoms with E-state index in [1.807, 2.05) is 19.9 Å². The van der Waals surface area contributed by atoms with Gasteiger partial charge < -0.3 is 14.6 Å². The lowest BCUT2D eigenvalue weighted by Gasteiger charge is -2.32. The van der Waals surface area contributed by atoms with E-state index in [-0.39, 0.29) is 17.9 Å². The number of carbonyl (C=O) groups excluding carboxylic acids is 2. The molecule has 5 nitrogen and oxygen atoms in total. The third kappa shape index (κ3) is 4.85. The van der Waals surface area contributed by atoms with Crippen molar-refractivity contribution in [3.05, 3.63) is 24.2 Å². The first-order valence-electron chi connectivity index (χ1n) is 8.77. The molecule has 2 rings (SSSR count). The molecule has 1 N–H and O–H groups in total. The molecule has 2 amide bonds. The van der Waals surface area contributed by atoms with Crippen LogP contribution in [0.15, 0.2) is 22.8 Å². The molecule has 0 bridgehead atoms. The van der Waals surface area contributed by atoms with Crippen LogP contribution in [0.4, 0.5) is 0 Å². The first-order valence-corrected chi connectivity index (χ1v) is 8.77. The Bertz CT molecular complexity index is 492. The summed E-state index contributed by atoms with van der Waals surface area (Å²) in [4.78, 5) is 26.7. The molecule has 1 aliphatic carbocycles. The van der Waals surface area contributed by atoms with E-state index < -0.39 is 6.04 Å². The van der Waals surface area contributed by atoms with Crippen molar-refractivity contribution in [3.63, 3.8) is 0 Å². The molecule has 5 heteroatoms. The van der Waals surface area contributed by atoms with Gasteiger partial charge in [0, 0.05) is 12.5 Å². The molecule has 0 aromatic carbocycles. The fourth-order valence-corrected chi connectivity index (χ4v) is 3.24. The minimum absolute atomic E-state index is 0.0213. The van der Waals surface area contributed by atoms with Gasteiger partial charge in [0.25, 0.3) is 0 Å². The van der Waals surface area contributed by atoms with Crippen molar-refractivity contribution < 1.29 is 14.0 Å². The zero-order chi connectivity index (χ0) is 16.7. The van der Waals surface area contributed by atoms with Gasteiger partial charge in [-0.2, -0.15) is 0 Å². The fourth-order valence-electron chi connectivity index (χ4n) is 3.24. The van der Waals surface area contributed by atoms with Crippen LogP contribution in [0, 0.1) is 0 Å². The molecule has 1 aliphatic rings. The minimum atomic E-state index is -0.436. The number of furan rings is 1. The summed E-state index contributed by atoms with van der Waals surface area (Å²) in [5.74, 6) is 0.649. The van der Waals surface area contributed by atoms with E-state index in [1.165, 1.54) is 19.3 Å². The monoisotopic (exact) mass is 320 g/mol. The second-order valence-corrected chi connectivity index (χ2v) is 6.22. The second-order valence-electron chi connectivity index (χ2n) is 6.22. The van der Waals surface area contributed by atoms with Crippen LogP contribution in [-0.2, 0) is 16.1 Å². The molecular formula is C18H28N2O3. The normalized spacial score (nSPS) is 16.8. The van der Waals surface area contributed by atoms with Crippen LogP contribution < -0.4 is 5.32 Å². The number of rotatable bonds is 7. The summed E-state index contributed by atoms with van der Waals surface area (Å²) >= 11 is 0. The van der Waals surface area contributed by atoms with Crippen molar-refractivity contribution in [2.75, 3.05) is 0 Å². The molecule has 128 valence electrons. The molecule has 0 radical (unpaired) electrons. The lowest BCUT2D eigenvalue weighted by molar-refractivity contribution is -0.141. The Morgan fingerprint density at radius 3 is 2.61 bits per heavy atom. The van der Waals surface area contributed by atoms with Crippen LogP contribution in [-0.4, -0.2) is 28.8 Å². The molecule has 1 heterocycles. The molecule has 1 saturated carbocycles. The predicted molar refractivity (Wildman–Crippen MR) is 88.6 cm³/mol. The van der Waals surface area contributed by atoms with Crippen LogP contribution in [0.5, 0.6) is 0 Å². The summed E-state index contributed by atoms with van der Waals surface area (Å²) in [6.45, 7) is 4.11. The van der Waals surface area contributed by atoms with Gasteiger partial charge in [-0.3, -0.25) is 9.59 Å². The second kappa shape index (κ2) is 8.75. The van der Waals surface area contributed by atoms with Crippen molar-refractivity contribution in [1.29, 1.82) is 0 Å². The van der Waals surface area contributed by atoms with Crippen molar-refractivity contribution in [2.45, 2.75) is 77.4 Å². The summed E-state index contributed by atoms with van der Waals surface area (Å²) in [5.41, 5.74) is 0. The van der Waals surface area contributed by atoms with Gasteiger partial charge in [0.15, 0.2) is 0 Å². The van der Waals surface area contributed by atoms with Crippen molar-refractivity contribution in [2.24, 2.45) is 0 Å². The Morgan fingerprint density at radius 2 is 2.04 bits per heavy atom. The van der Waals surface area contributed by atoms with E-state index in [1.54, 1.807) is 17.2 Å². The summed E-state index contributed by atoms with van der Waals surface area (Å²) in [6.07, 6.45) is 8.26. The number of nitrogens with one attached hydrogen (secondary N) is 1. The Balaban J connectivity index is 2.05. The first-order chi connectivity index (χ1) is 11.2. The molecule has 1 fully saturated rings. The van der Waals surface area contributed by atoms with Gasteiger partial charge in [-0.15, -0.1) is 0 Å². The van der Waals surface area contributed by atoms with E-state index in [0.29, 0.717) is 25.1 Å². The van der Waals surface area contributed by atoms with Crippen LogP contribution >= 0.6 is 0 Å². The Labute approximate surface area is 138 Å². The third-order valence-electron chi connectivity index (χ3n) is 4.55. The Hall–Kier alpha value is -1.78. The Kier molecular flexibility index (Phi) is 6.68. The molecule has 1 atom stereocenters. The molecule has 0 saturated heterocycles. The smallest absolute Gasteiger partial charge is 0.243 e.